The van der Waals surface area contributed by atoms with Crippen molar-refractivity contribution in [2.24, 2.45) is 0 Å². The van der Waals surface area contributed by atoms with Gasteiger partial charge in [0, 0.05) is 12.8 Å². The van der Waals surface area contributed by atoms with Gasteiger partial charge in [-0.2, -0.15) is 0 Å². The number of amides is 1. The zero-order valence-corrected chi connectivity index (χ0v) is 41.9. The van der Waals surface area contributed by atoms with E-state index in [1.165, 1.54) is 199 Å². The Morgan fingerprint density at radius 3 is 1.15 bits per heavy atom. The van der Waals surface area contributed by atoms with Crippen molar-refractivity contribution in [2.45, 2.75) is 321 Å². The van der Waals surface area contributed by atoms with Crippen molar-refractivity contribution in [3.63, 3.8) is 0 Å². The van der Waals surface area contributed by atoms with Gasteiger partial charge in [-0.25, -0.2) is 0 Å². The van der Waals surface area contributed by atoms with Gasteiger partial charge in [0.25, 0.3) is 0 Å². The number of hydrogen-bond donors (Lipinski definition) is 3. The summed E-state index contributed by atoms with van der Waals surface area (Å²) in [7, 11) is 0. The first-order valence-corrected chi connectivity index (χ1v) is 27.9. The minimum absolute atomic E-state index is 0.0266. The molecule has 1 amide bonds. The second kappa shape index (κ2) is 52.2. The third kappa shape index (κ3) is 48.1. The molecule has 2 atom stereocenters. The van der Waals surface area contributed by atoms with Gasteiger partial charge in [-0.05, 0) is 51.4 Å². The fourth-order valence-electron chi connectivity index (χ4n) is 8.75. The number of nitrogens with one attached hydrogen (secondary N) is 1. The number of carbonyl (C=O) groups is 2. The summed E-state index contributed by atoms with van der Waals surface area (Å²) in [6.07, 6.45) is 60.5. The standard InChI is InChI=1S/C56H109NO5/c1-3-5-7-9-11-13-15-17-19-21-23-25-28-32-36-40-44-48-54(59)53(52-58)57-55(60)49-45-41-37-33-29-27-31-35-39-43-47-51-62-56(61)50-46-42-38-34-30-26-24-22-20-18-16-14-12-10-8-6-4-2/h31,35,53-54,58-59H,3-30,32-34,36-52H2,1-2H3,(H,57,60)/b35-31-. The van der Waals surface area contributed by atoms with Crippen LogP contribution in [0.15, 0.2) is 12.2 Å². The van der Waals surface area contributed by atoms with E-state index in [9.17, 15) is 19.8 Å². The predicted molar refractivity (Wildman–Crippen MR) is 269 cm³/mol. The number of unbranched alkanes of at least 4 members (excludes halogenated alkanes) is 39. The smallest absolute Gasteiger partial charge is 0.305 e. The molecule has 62 heavy (non-hydrogen) atoms. The Bertz CT molecular complexity index is 924. The molecule has 0 aliphatic carbocycles. The van der Waals surface area contributed by atoms with Gasteiger partial charge >= 0.3 is 5.97 Å². The van der Waals surface area contributed by atoms with E-state index in [1.807, 2.05) is 0 Å². The summed E-state index contributed by atoms with van der Waals surface area (Å²) in [4.78, 5) is 24.5. The van der Waals surface area contributed by atoms with Gasteiger partial charge in [-0.1, -0.05) is 257 Å². The molecule has 0 aliphatic rings. The maximum absolute atomic E-state index is 12.5. The average molecular weight is 876 g/mol. The van der Waals surface area contributed by atoms with Gasteiger partial charge < -0.3 is 20.3 Å². The maximum Gasteiger partial charge on any atom is 0.305 e. The summed E-state index contributed by atoms with van der Waals surface area (Å²) >= 11 is 0. The second-order valence-electron chi connectivity index (χ2n) is 19.3. The predicted octanol–water partition coefficient (Wildman–Crippen LogP) is 16.9. The number of esters is 1. The molecule has 6 heteroatoms. The van der Waals surface area contributed by atoms with E-state index in [4.69, 9.17) is 4.74 Å². The lowest BCUT2D eigenvalue weighted by molar-refractivity contribution is -0.143. The van der Waals surface area contributed by atoms with Crippen molar-refractivity contribution < 1.29 is 24.5 Å². The molecule has 0 aromatic heterocycles. The number of aliphatic hydroxyl groups excluding tert-OH is 2. The van der Waals surface area contributed by atoms with Crippen LogP contribution in [0, 0.1) is 0 Å². The molecule has 0 bridgehead atoms. The summed E-state index contributed by atoms with van der Waals surface area (Å²) in [5.41, 5.74) is 0. The molecule has 0 heterocycles. The third-order valence-corrected chi connectivity index (χ3v) is 13.1. The van der Waals surface area contributed by atoms with Crippen molar-refractivity contribution in [1.82, 2.24) is 5.32 Å². The number of carbonyl (C=O) groups excluding carboxylic acids is 2. The number of hydrogen-bond acceptors (Lipinski definition) is 5. The fourth-order valence-corrected chi connectivity index (χ4v) is 8.75. The molecule has 2 unspecified atom stereocenters. The van der Waals surface area contributed by atoms with E-state index in [-0.39, 0.29) is 18.5 Å². The van der Waals surface area contributed by atoms with Crippen LogP contribution in [-0.2, 0) is 14.3 Å². The molecule has 3 N–H and O–H groups in total. The third-order valence-electron chi connectivity index (χ3n) is 13.1. The Hall–Kier alpha value is -1.40. The van der Waals surface area contributed by atoms with E-state index in [1.54, 1.807) is 0 Å². The van der Waals surface area contributed by atoms with Crippen LogP contribution in [-0.4, -0.2) is 47.4 Å². The van der Waals surface area contributed by atoms with E-state index >= 15 is 0 Å². The lowest BCUT2D eigenvalue weighted by atomic mass is 10.0. The molecule has 0 aromatic carbocycles. The highest BCUT2D eigenvalue weighted by Crippen LogP contribution is 2.17. The van der Waals surface area contributed by atoms with Crippen molar-refractivity contribution in [3.8, 4) is 0 Å². The molecule has 0 radical (unpaired) electrons. The molecule has 0 spiro atoms. The highest BCUT2D eigenvalue weighted by molar-refractivity contribution is 5.76. The van der Waals surface area contributed by atoms with Crippen LogP contribution in [0.1, 0.15) is 309 Å². The topological polar surface area (TPSA) is 95.9 Å². The highest BCUT2D eigenvalue weighted by atomic mass is 16.5. The molecule has 0 saturated heterocycles. The van der Waals surface area contributed by atoms with Crippen LogP contribution < -0.4 is 5.32 Å². The van der Waals surface area contributed by atoms with Gasteiger partial charge in [-0.15, -0.1) is 0 Å². The SMILES string of the molecule is CCCCCCCCCCCCCCCCCCCC(=O)OCCCC/C=C\CCCCCCCC(=O)NC(CO)C(O)CCCCCCCCCCCCCCCCCCC. The van der Waals surface area contributed by atoms with Crippen molar-refractivity contribution in [2.75, 3.05) is 13.2 Å². The van der Waals surface area contributed by atoms with Gasteiger partial charge in [0.2, 0.25) is 5.91 Å². The summed E-state index contributed by atoms with van der Waals surface area (Å²) in [5.74, 6) is -0.0879. The lowest BCUT2D eigenvalue weighted by Gasteiger charge is -2.22. The monoisotopic (exact) mass is 876 g/mol. The Morgan fingerprint density at radius 2 is 0.758 bits per heavy atom. The van der Waals surface area contributed by atoms with Crippen molar-refractivity contribution in [1.29, 1.82) is 0 Å². The summed E-state index contributed by atoms with van der Waals surface area (Å²) in [5, 5.41) is 23.3. The van der Waals surface area contributed by atoms with E-state index in [0.717, 1.165) is 77.0 Å². The fraction of sp³-hybridized carbons (Fsp3) is 0.929. The van der Waals surface area contributed by atoms with Gasteiger partial charge in [-0.3, -0.25) is 9.59 Å². The van der Waals surface area contributed by atoms with Crippen LogP contribution in [0.5, 0.6) is 0 Å². The van der Waals surface area contributed by atoms with Crippen LogP contribution in [0.3, 0.4) is 0 Å². The Kier molecular flexibility index (Phi) is 51.0. The summed E-state index contributed by atoms with van der Waals surface area (Å²) < 4.78 is 5.45. The molecule has 0 rings (SSSR count). The number of aliphatic hydroxyl groups is 2. The molecular weight excluding hydrogens is 767 g/mol. The minimum Gasteiger partial charge on any atom is -0.466 e. The molecular formula is C56H109NO5. The van der Waals surface area contributed by atoms with Crippen LogP contribution in [0.2, 0.25) is 0 Å². The molecule has 0 aromatic rings. The molecule has 368 valence electrons. The Morgan fingerprint density at radius 1 is 0.435 bits per heavy atom. The Balaban J connectivity index is 3.48. The zero-order valence-electron chi connectivity index (χ0n) is 41.9. The molecule has 6 nitrogen and oxygen atoms in total. The highest BCUT2D eigenvalue weighted by Gasteiger charge is 2.20. The lowest BCUT2D eigenvalue weighted by Crippen LogP contribution is -2.45. The summed E-state index contributed by atoms with van der Waals surface area (Å²) in [6, 6.07) is -0.561. The van der Waals surface area contributed by atoms with Crippen LogP contribution >= 0.6 is 0 Å². The number of rotatable bonds is 52. The van der Waals surface area contributed by atoms with E-state index in [2.05, 4.69) is 31.3 Å². The van der Waals surface area contributed by atoms with Gasteiger partial charge in [0.1, 0.15) is 0 Å². The quantitative estimate of drug-likeness (QED) is 0.0321. The molecule has 0 saturated carbocycles. The van der Waals surface area contributed by atoms with Crippen LogP contribution in [0.4, 0.5) is 0 Å². The normalized spacial score (nSPS) is 12.6. The van der Waals surface area contributed by atoms with E-state index in [0.29, 0.717) is 25.9 Å². The molecule has 0 fully saturated rings. The number of ether oxygens (including phenoxy) is 1. The van der Waals surface area contributed by atoms with Crippen LogP contribution in [0.25, 0.3) is 0 Å². The van der Waals surface area contributed by atoms with Gasteiger partial charge in [0.05, 0.1) is 25.4 Å². The maximum atomic E-state index is 12.5. The average Bonchev–Trinajstić information content (AvgIpc) is 3.27. The van der Waals surface area contributed by atoms with Crippen molar-refractivity contribution >= 4 is 11.9 Å². The van der Waals surface area contributed by atoms with Gasteiger partial charge in [0.15, 0.2) is 0 Å². The number of allylic oxidation sites excluding steroid dienone is 2. The Labute approximate surface area is 387 Å². The largest absolute Gasteiger partial charge is 0.466 e. The first-order chi connectivity index (χ1) is 30.5. The second-order valence-corrected chi connectivity index (χ2v) is 19.3. The first kappa shape index (κ1) is 60.6. The first-order valence-electron chi connectivity index (χ1n) is 27.9. The minimum atomic E-state index is -0.681. The summed E-state index contributed by atoms with van der Waals surface area (Å²) in [6.45, 7) is 4.90. The molecule has 0 aliphatic heterocycles. The van der Waals surface area contributed by atoms with Crippen molar-refractivity contribution in [3.05, 3.63) is 12.2 Å². The van der Waals surface area contributed by atoms with E-state index < -0.39 is 12.1 Å². The zero-order chi connectivity index (χ0) is 45.1.